The van der Waals surface area contributed by atoms with Crippen LogP contribution >= 0.6 is 0 Å². The molecule has 3 heterocycles. The molecule has 1 aromatic carbocycles. The summed E-state index contributed by atoms with van der Waals surface area (Å²) in [6.07, 6.45) is 8.96. The maximum atomic E-state index is 13.1. The van der Waals surface area contributed by atoms with Crippen molar-refractivity contribution in [3.05, 3.63) is 29.8 Å². The highest BCUT2D eigenvalue weighted by Gasteiger charge is 2.38. The topological polar surface area (TPSA) is 53.1 Å². The molecule has 33 heavy (non-hydrogen) atoms. The second kappa shape index (κ2) is 10.9. The number of piperidine rings is 1. The summed E-state index contributed by atoms with van der Waals surface area (Å²) in [5, 5.41) is 0. The van der Waals surface area contributed by atoms with Gasteiger partial charge in [-0.3, -0.25) is 9.59 Å². The molecule has 0 unspecified atom stereocenters. The summed E-state index contributed by atoms with van der Waals surface area (Å²) in [5.74, 6) is 1.17. The van der Waals surface area contributed by atoms with Crippen LogP contribution in [0.1, 0.15) is 63.9 Å². The molecular formula is C27H41N3O3. The average molecular weight is 456 g/mol. The molecule has 3 aliphatic rings. The van der Waals surface area contributed by atoms with Crippen LogP contribution in [0, 0.1) is 5.41 Å². The third kappa shape index (κ3) is 6.08. The number of carbonyl (C=O) groups is 2. The first kappa shape index (κ1) is 24.1. The molecule has 182 valence electrons. The fourth-order valence-corrected chi connectivity index (χ4v) is 5.91. The number of para-hydroxylation sites is 1. The number of carbonyl (C=O) groups excluding carboxylic acids is 2. The number of aryl methyl sites for hydroxylation is 1. The van der Waals surface area contributed by atoms with Gasteiger partial charge in [0.05, 0.1) is 0 Å². The van der Waals surface area contributed by atoms with Crippen molar-refractivity contribution in [3.63, 3.8) is 0 Å². The Kier molecular flexibility index (Phi) is 7.94. The zero-order valence-electron chi connectivity index (χ0n) is 20.6. The number of likely N-dealkylation sites (tertiary alicyclic amines) is 2. The third-order valence-corrected chi connectivity index (χ3v) is 7.99. The van der Waals surface area contributed by atoms with E-state index in [4.69, 9.17) is 4.74 Å². The van der Waals surface area contributed by atoms with E-state index in [1.54, 1.807) is 0 Å². The zero-order chi connectivity index (χ0) is 23.3. The van der Waals surface area contributed by atoms with Crippen LogP contribution in [-0.2, 0) is 16.0 Å². The van der Waals surface area contributed by atoms with Gasteiger partial charge < -0.3 is 19.4 Å². The lowest BCUT2D eigenvalue weighted by atomic mass is 9.73. The highest BCUT2D eigenvalue weighted by Crippen LogP contribution is 2.38. The Balaban J connectivity index is 1.38. The van der Waals surface area contributed by atoms with Crippen LogP contribution in [-0.4, -0.2) is 78.9 Å². The summed E-state index contributed by atoms with van der Waals surface area (Å²) >= 11 is 0. The molecule has 2 saturated heterocycles. The Morgan fingerprint density at radius 3 is 2.52 bits per heavy atom. The van der Waals surface area contributed by atoms with Crippen LogP contribution in [0.25, 0.3) is 0 Å². The van der Waals surface area contributed by atoms with E-state index >= 15 is 0 Å². The van der Waals surface area contributed by atoms with E-state index in [0.29, 0.717) is 12.3 Å². The lowest BCUT2D eigenvalue weighted by Crippen LogP contribution is -2.50. The van der Waals surface area contributed by atoms with Crippen molar-refractivity contribution in [3.8, 4) is 5.75 Å². The Hall–Kier alpha value is -2.08. The van der Waals surface area contributed by atoms with E-state index in [2.05, 4.69) is 15.9 Å². The van der Waals surface area contributed by atoms with Crippen LogP contribution in [0.5, 0.6) is 5.75 Å². The number of amides is 2. The molecule has 6 heteroatoms. The normalized spacial score (nSPS) is 24.7. The van der Waals surface area contributed by atoms with Gasteiger partial charge in [-0.05, 0) is 82.0 Å². The van der Waals surface area contributed by atoms with Crippen LogP contribution in [0.15, 0.2) is 24.3 Å². The predicted molar refractivity (Wildman–Crippen MR) is 130 cm³/mol. The highest BCUT2D eigenvalue weighted by atomic mass is 16.5. The largest absolute Gasteiger partial charge is 0.481 e. The van der Waals surface area contributed by atoms with Crippen molar-refractivity contribution in [2.45, 2.75) is 70.8 Å². The van der Waals surface area contributed by atoms with Crippen molar-refractivity contribution < 1.29 is 14.3 Å². The van der Waals surface area contributed by atoms with E-state index in [9.17, 15) is 9.59 Å². The standard InChI is InChI=1S/C27H41N3O3/c1-22-26(32)28(2)21-27(13-6-5-10-23-9-3-4-11-24(23)33-22)14-19-30(20-15-27)25(31)12-18-29-16-7-8-17-29/h3-4,9,11,22H,5-8,10,12-21H2,1-2H3/t22-/m1/s1. The molecule has 6 nitrogen and oxygen atoms in total. The highest BCUT2D eigenvalue weighted by molar-refractivity contribution is 5.80. The number of fused-ring (bicyclic) bond motifs is 1. The zero-order valence-corrected chi connectivity index (χ0v) is 20.6. The predicted octanol–water partition coefficient (Wildman–Crippen LogP) is 3.73. The number of hydrogen-bond acceptors (Lipinski definition) is 4. The molecule has 1 aromatic rings. The quantitative estimate of drug-likeness (QED) is 0.697. The summed E-state index contributed by atoms with van der Waals surface area (Å²) in [7, 11) is 1.91. The van der Waals surface area contributed by atoms with Gasteiger partial charge in [0.15, 0.2) is 6.10 Å². The van der Waals surface area contributed by atoms with Crippen molar-refractivity contribution in [2.75, 3.05) is 46.3 Å². The number of benzene rings is 1. The molecule has 3 aliphatic heterocycles. The van der Waals surface area contributed by atoms with Gasteiger partial charge in [-0.15, -0.1) is 0 Å². The van der Waals surface area contributed by atoms with Crippen LogP contribution in [0.3, 0.4) is 0 Å². The molecule has 2 amide bonds. The SMILES string of the molecule is C[C@H]1Oc2ccccc2CCCCC2(CCN(C(=O)CCN3CCCC3)CC2)CN(C)C1=O. The number of ether oxygens (including phenoxy) is 1. The first-order valence-electron chi connectivity index (χ1n) is 13.0. The fraction of sp³-hybridized carbons (Fsp3) is 0.704. The summed E-state index contributed by atoms with van der Waals surface area (Å²) in [6.45, 7) is 7.42. The van der Waals surface area contributed by atoms with E-state index < -0.39 is 6.10 Å². The lowest BCUT2D eigenvalue weighted by molar-refractivity contribution is -0.140. The minimum atomic E-state index is -0.500. The van der Waals surface area contributed by atoms with E-state index in [-0.39, 0.29) is 11.3 Å². The van der Waals surface area contributed by atoms with Crippen molar-refractivity contribution >= 4 is 11.8 Å². The Bertz CT molecular complexity index is 813. The monoisotopic (exact) mass is 455 g/mol. The minimum Gasteiger partial charge on any atom is -0.481 e. The molecular weight excluding hydrogens is 414 g/mol. The smallest absolute Gasteiger partial charge is 0.263 e. The summed E-state index contributed by atoms with van der Waals surface area (Å²) < 4.78 is 6.10. The number of hydrogen-bond donors (Lipinski definition) is 0. The second-order valence-corrected chi connectivity index (χ2v) is 10.4. The third-order valence-electron chi connectivity index (χ3n) is 7.99. The maximum absolute atomic E-state index is 13.1. The molecule has 2 fully saturated rings. The molecule has 0 aromatic heterocycles. The van der Waals surface area contributed by atoms with Gasteiger partial charge in [-0.2, -0.15) is 0 Å². The summed E-state index contributed by atoms with van der Waals surface area (Å²) in [5.41, 5.74) is 1.28. The van der Waals surface area contributed by atoms with Crippen molar-refractivity contribution in [1.82, 2.24) is 14.7 Å². The van der Waals surface area contributed by atoms with Crippen LogP contribution < -0.4 is 4.74 Å². The Morgan fingerprint density at radius 1 is 1.03 bits per heavy atom. The van der Waals surface area contributed by atoms with E-state index in [0.717, 1.165) is 83.5 Å². The first-order chi connectivity index (χ1) is 16.0. The van der Waals surface area contributed by atoms with Gasteiger partial charge in [0.1, 0.15) is 5.75 Å². The van der Waals surface area contributed by atoms with Gasteiger partial charge in [-0.25, -0.2) is 0 Å². The van der Waals surface area contributed by atoms with Crippen LogP contribution in [0.2, 0.25) is 0 Å². The van der Waals surface area contributed by atoms with Crippen molar-refractivity contribution in [2.24, 2.45) is 5.41 Å². The van der Waals surface area contributed by atoms with E-state index in [1.165, 1.54) is 18.4 Å². The van der Waals surface area contributed by atoms with E-state index in [1.807, 2.05) is 37.1 Å². The molecule has 0 aliphatic carbocycles. The number of rotatable bonds is 3. The first-order valence-corrected chi connectivity index (χ1v) is 13.0. The number of likely N-dealkylation sites (N-methyl/N-ethyl adjacent to an activating group) is 1. The van der Waals surface area contributed by atoms with Gasteiger partial charge in [-0.1, -0.05) is 24.6 Å². The molecule has 1 spiro atoms. The number of nitrogens with zero attached hydrogens (tertiary/aromatic N) is 3. The van der Waals surface area contributed by atoms with Gasteiger partial charge in [0, 0.05) is 39.6 Å². The minimum absolute atomic E-state index is 0.0360. The van der Waals surface area contributed by atoms with Gasteiger partial charge in [0.2, 0.25) is 5.91 Å². The summed E-state index contributed by atoms with van der Waals surface area (Å²) in [4.78, 5) is 32.3. The summed E-state index contributed by atoms with van der Waals surface area (Å²) in [6, 6.07) is 8.11. The Morgan fingerprint density at radius 2 is 1.76 bits per heavy atom. The molecule has 0 N–H and O–H groups in total. The second-order valence-electron chi connectivity index (χ2n) is 10.4. The van der Waals surface area contributed by atoms with Gasteiger partial charge >= 0.3 is 0 Å². The maximum Gasteiger partial charge on any atom is 0.263 e. The molecule has 0 radical (unpaired) electrons. The van der Waals surface area contributed by atoms with Crippen LogP contribution in [0.4, 0.5) is 0 Å². The fourth-order valence-electron chi connectivity index (χ4n) is 5.91. The Labute approximate surface area is 199 Å². The van der Waals surface area contributed by atoms with Crippen molar-refractivity contribution in [1.29, 1.82) is 0 Å². The molecule has 0 bridgehead atoms. The average Bonchev–Trinajstić information content (AvgIpc) is 3.34. The molecule has 1 atom stereocenters. The molecule has 4 rings (SSSR count). The van der Waals surface area contributed by atoms with Gasteiger partial charge in [0.25, 0.3) is 5.91 Å². The lowest BCUT2D eigenvalue weighted by Gasteiger charge is -2.44. The molecule has 0 saturated carbocycles.